The molecule has 0 amide bonds. The lowest BCUT2D eigenvalue weighted by Crippen LogP contribution is -2.31. The molecule has 2 saturated carbocycles. The summed E-state index contributed by atoms with van der Waals surface area (Å²) in [6.07, 6.45) is 8.44. The lowest BCUT2D eigenvalue weighted by molar-refractivity contribution is -0.0101. The van der Waals surface area contributed by atoms with Crippen molar-refractivity contribution >= 4 is 21.9 Å². The van der Waals surface area contributed by atoms with Crippen LogP contribution in [-0.2, 0) is 17.4 Å². The van der Waals surface area contributed by atoms with E-state index in [2.05, 4.69) is 69.5 Å². The van der Waals surface area contributed by atoms with Crippen LogP contribution >= 0.6 is 0 Å². The highest BCUT2D eigenvalue weighted by atomic mass is 16.5. The van der Waals surface area contributed by atoms with Crippen LogP contribution in [0.15, 0.2) is 60.8 Å². The van der Waals surface area contributed by atoms with E-state index in [0.29, 0.717) is 17.8 Å². The minimum absolute atomic E-state index is 0.119. The number of ether oxygens (including phenoxy) is 1. The predicted molar refractivity (Wildman–Crippen MR) is 159 cm³/mol. The van der Waals surface area contributed by atoms with Gasteiger partial charge in [-0.05, 0) is 86.5 Å². The van der Waals surface area contributed by atoms with Crippen molar-refractivity contribution in [2.75, 3.05) is 13.2 Å². The third kappa shape index (κ3) is 4.04. The Morgan fingerprint density at radius 2 is 1.66 bits per heavy atom. The van der Waals surface area contributed by atoms with Crippen LogP contribution in [-0.4, -0.2) is 42.9 Å². The smallest absolute Gasteiger partial charge is 0.0960 e. The van der Waals surface area contributed by atoms with Crippen molar-refractivity contribution in [3.63, 3.8) is 0 Å². The first-order valence-corrected chi connectivity index (χ1v) is 15.2. The first-order chi connectivity index (χ1) is 20.0. The SMILES string of the molecule is Cc1nnn(C)c1-c1cnc2c3ccc(C(O)(C4CC4)C4CC4)cc3n(C(c3ccccc3)C3CCOCC3)c2c1. The second-order valence-corrected chi connectivity index (χ2v) is 12.5. The third-order valence-electron chi connectivity index (χ3n) is 9.90. The van der Waals surface area contributed by atoms with Gasteiger partial charge in [-0.2, -0.15) is 0 Å². The van der Waals surface area contributed by atoms with Crippen molar-refractivity contribution < 1.29 is 9.84 Å². The number of hydrogen-bond acceptors (Lipinski definition) is 5. The molecule has 3 aliphatic rings. The summed E-state index contributed by atoms with van der Waals surface area (Å²) in [7, 11) is 1.94. The number of pyridine rings is 1. The molecule has 8 rings (SSSR count). The number of hydrogen-bond donors (Lipinski definition) is 1. The van der Waals surface area contributed by atoms with Crippen molar-refractivity contribution in [3.8, 4) is 11.3 Å². The molecule has 1 atom stereocenters. The molecule has 0 radical (unpaired) electrons. The minimum Gasteiger partial charge on any atom is -0.385 e. The standard InChI is InChI=1S/C34H37N5O2/c1-21-32(38(2)37-36-21)24-18-30-31(35-20-24)28-13-12-27(34(40,25-8-9-25)26-10-11-26)19-29(28)39(30)33(22-6-4-3-5-7-22)23-14-16-41-17-15-23/h3-7,12-13,18-20,23,25-26,33,40H,8-11,14-17H2,1-2H3. The minimum atomic E-state index is -0.730. The predicted octanol–water partition coefficient (Wildman–Crippen LogP) is 6.32. The Bertz CT molecular complexity index is 1710. The fourth-order valence-corrected chi connectivity index (χ4v) is 7.61. The Morgan fingerprint density at radius 1 is 0.927 bits per heavy atom. The van der Waals surface area contributed by atoms with Crippen LogP contribution in [0.3, 0.4) is 0 Å². The van der Waals surface area contributed by atoms with Gasteiger partial charge in [-0.25, -0.2) is 4.68 Å². The molecule has 2 aromatic carbocycles. The number of aliphatic hydroxyl groups is 1. The fourth-order valence-electron chi connectivity index (χ4n) is 7.61. The van der Waals surface area contributed by atoms with Crippen LogP contribution < -0.4 is 0 Å². The van der Waals surface area contributed by atoms with E-state index in [4.69, 9.17) is 9.72 Å². The highest BCUT2D eigenvalue weighted by Gasteiger charge is 2.54. The third-order valence-corrected chi connectivity index (χ3v) is 9.90. The number of nitrogens with zero attached hydrogens (tertiary/aromatic N) is 5. The second kappa shape index (κ2) is 9.50. The maximum absolute atomic E-state index is 12.2. The summed E-state index contributed by atoms with van der Waals surface area (Å²) in [5.74, 6) is 1.16. The maximum atomic E-state index is 12.2. The number of aryl methyl sites for hydroxylation is 2. The highest BCUT2D eigenvalue weighted by molar-refractivity contribution is 6.07. The van der Waals surface area contributed by atoms with E-state index < -0.39 is 5.60 Å². The molecule has 3 aromatic heterocycles. The monoisotopic (exact) mass is 547 g/mol. The van der Waals surface area contributed by atoms with E-state index in [9.17, 15) is 5.11 Å². The lowest BCUT2D eigenvalue weighted by atomic mass is 9.83. The fraction of sp³-hybridized carbons (Fsp3) is 0.441. The number of benzene rings is 2. The molecule has 1 saturated heterocycles. The van der Waals surface area contributed by atoms with Gasteiger partial charge in [0.25, 0.3) is 0 Å². The van der Waals surface area contributed by atoms with Crippen molar-refractivity contribution in [3.05, 3.63) is 77.6 Å². The molecular weight excluding hydrogens is 510 g/mol. The summed E-state index contributed by atoms with van der Waals surface area (Å²) >= 11 is 0. The zero-order valence-corrected chi connectivity index (χ0v) is 23.8. The molecule has 2 aliphatic carbocycles. The molecule has 41 heavy (non-hydrogen) atoms. The number of rotatable bonds is 7. The van der Waals surface area contributed by atoms with Gasteiger partial charge >= 0.3 is 0 Å². The Morgan fingerprint density at radius 3 is 2.32 bits per heavy atom. The summed E-state index contributed by atoms with van der Waals surface area (Å²) in [4.78, 5) is 5.10. The first-order valence-electron chi connectivity index (χ1n) is 15.2. The Kier molecular flexibility index (Phi) is 5.83. The van der Waals surface area contributed by atoms with Crippen LogP contribution in [0.25, 0.3) is 33.2 Å². The van der Waals surface area contributed by atoms with Gasteiger partial charge in [-0.3, -0.25) is 4.98 Å². The quantitative estimate of drug-likeness (QED) is 0.258. The summed E-state index contributed by atoms with van der Waals surface area (Å²) < 4.78 is 10.2. The van der Waals surface area contributed by atoms with E-state index in [-0.39, 0.29) is 6.04 Å². The van der Waals surface area contributed by atoms with Gasteiger partial charge in [0.1, 0.15) is 0 Å². The molecule has 1 aliphatic heterocycles. The maximum Gasteiger partial charge on any atom is 0.0960 e. The lowest BCUT2D eigenvalue weighted by Gasteiger charge is -2.33. The number of fused-ring (bicyclic) bond motifs is 3. The summed E-state index contributed by atoms with van der Waals surface area (Å²) in [6, 6.07) is 20.0. The molecule has 1 N–H and O–H groups in total. The van der Waals surface area contributed by atoms with Crippen LogP contribution in [0.5, 0.6) is 0 Å². The van der Waals surface area contributed by atoms with Crippen LogP contribution in [0.4, 0.5) is 0 Å². The molecule has 3 fully saturated rings. The molecular formula is C34H37N5O2. The normalized spacial score (nSPS) is 19.3. The molecule has 210 valence electrons. The highest BCUT2D eigenvalue weighted by Crippen LogP contribution is 2.58. The van der Waals surface area contributed by atoms with Crippen molar-refractivity contribution in [1.82, 2.24) is 24.5 Å². The Hall–Kier alpha value is -3.55. The van der Waals surface area contributed by atoms with Crippen LogP contribution in [0.2, 0.25) is 0 Å². The van der Waals surface area contributed by atoms with E-state index in [1.165, 1.54) is 5.56 Å². The second-order valence-electron chi connectivity index (χ2n) is 12.5. The van der Waals surface area contributed by atoms with E-state index >= 15 is 0 Å². The van der Waals surface area contributed by atoms with Gasteiger partial charge in [0.15, 0.2) is 0 Å². The van der Waals surface area contributed by atoms with Gasteiger partial charge in [-0.1, -0.05) is 47.7 Å². The molecule has 7 nitrogen and oxygen atoms in total. The molecule has 4 heterocycles. The van der Waals surface area contributed by atoms with E-state index in [1.54, 1.807) is 0 Å². The molecule has 0 spiro atoms. The average Bonchev–Trinajstić information content (AvgIpc) is 3.94. The van der Waals surface area contributed by atoms with Crippen LogP contribution in [0, 0.1) is 24.7 Å². The Balaban J connectivity index is 1.42. The number of aromatic nitrogens is 5. The van der Waals surface area contributed by atoms with Crippen molar-refractivity contribution in [1.29, 1.82) is 0 Å². The molecule has 1 unspecified atom stereocenters. The van der Waals surface area contributed by atoms with Gasteiger partial charge < -0.3 is 14.4 Å². The van der Waals surface area contributed by atoms with Crippen molar-refractivity contribution in [2.45, 2.75) is 57.1 Å². The first kappa shape index (κ1) is 25.2. The Labute approximate surface area is 240 Å². The zero-order valence-electron chi connectivity index (χ0n) is 23.8. The summed E-state index contributed by atoms with van der Waals surface area (Å²) in [5.41, 5.74) is 7.79. The molecule has 5 aromatic rings. The van der Waals surface area contributed by atoms with Gasteiger partial charge in [0.05, 0.1) is 39.6 Å². The summed E-state index contributed by atoms with van der Waals surface area (Å²) in [5, 5.41) is 21.9. The van der Waals surface area contributed by atoms with Gasteiger partial charge in [0, 0.05) is 37.4 Å². The van der Waals surface area contributed by atoms with Crippen LogP contribution in [0.1, 0.15) is 61.4 Å². The zero-order chi connectivity index (χ0) is 27.7. The average molecular weight is 548 g/mol. The van der Waals surface area contributed by atoms with E-state index in [0.717, 1.165) is 96.2 Å². The summed E-state index contributed by atoms with van der Waals surface area (Å²) in [6.45, 7) is 3.56. The van der Waals surface area contributed by atoms with Gasteiger partial charge in [-0.15, -0.1) is 5.10 Å². The topological polar surface area (TPSA) is 78.0 Å². The molecule has 7 heteroatoms. The van der Waals surface area contributed by atoms with Crippen molar-refractivity contribution in [2.24, 2.45) is 24.8 Å². The van der Waals surface area contributed by atoms with E-state index in [1.807, 2.05) is 24.9 Å². The largest absolute Gasteiger partial charge is 0.385 e. The molecule has 0 bridgehead atoms. The van der Waals surface area contributed by atoms with Gasteiger partial charge in [0.2, 0.25) is 0 Å².